The summed E-state index contributed by atoms with van der Waals surface area (Å²) in [5.41, 5.74) is 0. The van der Waals surface area contributed by atoms with Crippen molar-refractivity contribution in [3.8, 4) is 0 Å². The Labute approximate surface area is 124 Å². The van der Waals surface area contributed by atoms with Crippen molar-refractivity contribution in [1.29, 1.82) is 0 Å². The van der Waals surface area contributed by atoms with Crippen molar-refractivity contribution in [1.82, 2.24) is 0 Å². The van der Waals surface area contributed by atoms with Crippen LogP contribution in [0.15, 0.2) is 16.5 Å². The Hall–Kier alpha value is 0.790. The van der Waals surface area contributed by atoms with Gasteiger partial charge in [-0.15, -0.1) is 6.08 Å². The van der Waals surface area contributed by atoms with Crippen molar-refractivity contribution < 1.29 is 60.9 Å². The van der Waals surface area contributed by atoms with Crippen LogP contribution in [0.1, 0.15) is 12.8 Å². The van der Waals surface area contributed by atoms with Crippen molar-refractivity contribution in [2.75, 3.05) is 6.61 Å². The molecule has 2 aliphatic rings. The van der Waals surface area contributed by atoms with Gasteiger partial charge >= 0.3 is 26.2 Å². The van der Waals surface area contributed by atoms with E-state index in [0.29, 0.717) is 0 Å². The molecule has 0 aromatic heterocycles. The van der Waals surface area contributed by atoms with Crippen molar-refractivity contribution in [2.45, 2.75) is 12.8 Å². The Morgan fingerprint density at radius 2 is 2.07 bits per heavy atom. The normalized spacial score (nSPS) is 15.5. The number of aliphatic hydroxyl groups is 1. The minimum Gasteiger partial charge on any atom is -1.00 e. The number of hydrogen-bond acceptors (Lipinski definition) is 2. The van der Waals surface area contributed by atoms with Crippen molar-refractivity contribution in [2.24, 2.45) is 0 Å². The van der Waals surface area contributed by atoms with E-state index < -0.39 is 0 Å². The summed E-state index contributed by atoms with van der Waals surface area (Å²) < 4.78 is 0. The summed E-state index contributed by atoms with van der Waals surface area (Å²) in [4.78, 5) is 10.3. The number of unbranched alkanes of at least 4 members (excludes halogenated alkanes) is 1. The molecule has 0 radical (unpaired) electrons. The zero-order valence-electron chi connectivity index (χ0n) is 8.22. The molecule has 0 aromatic carbocycles. The summed E-state index contributed by atoms with van der Waals surface area (Å²) in [6.45, 7) is 3.80. The number of aliphatic hydroxyl groups excluding tert-OH is 1. The molecule has 1 saturated heterocycles. The molecule has 1 aliphatic carbocycles. The average Bonchev–Trinajstić information content (AvgIpc) is 2.62. The summed E-state index contributed by atoms with van der Waals surface area (Å²) in [5.74, 6) is 0.0868. The fraction of sp³-hybridized carbons (Fsp3) is 0.333. The first-order chi connectivity index (χ1) is 5.77. The van der Waals surface area contributed by atoms with E-state index in [4.69, 9.17) is 5.11 Å². The maximum absolute atomic E-state index is 10.3. The zero-order chi connectivity index (χ0) is 8.97. The molecule has 0 spiro atoms. The van der Waals surface area contributed by atoms with Crippen molar-refractivity contribution >= 4 is 15.3 Å². The van der Waals surface area contributed by atoms with Crippen molar-refractivity contribution in [3.63, 3.8) is 0 Å². The summed E-state index contributed by atoms with van der Waals surface area (Å²) in [7, 11) is 0.00585. The first kappa shape index (κ1) is 21.1. The monoisotopic (exact) mass is 340 g/mol. The fourth-order valence-corrected chi connectivity index (χ4v) is 1.90. The van der Waals surface area contributed by atoms with E-state index >= 15 is 0 Å². The Kier molecular flexibility index (Phi) is 15.9. The van der Waals surface area contributed by atoms with Gasteiger partial charge in [-0.2, -0.15) is 17.7 Å². The minimum atomic E-state index is 0. The van der Waals surface area contributed by atoms with E-state index in [-0.39, 0.29) is 72.9 Å². The van der Waals surface area contributed by atoms with E-state index in [0.717, 1.165) is 12.8 Å². The van der Waals surface area contributed by atoms with Crippen LogP contribution >= 0.6 is 0 Å². The van der Waals surface area contributed by atoms with Gasteiger partial charge in [0.2, 0.25) is 0 Å². The standard InChI is InChI=1S/C5H3OSi.C4H9O.2ClH.Zr/c6-3-1-4-5(2-3)7-4;1-2-3-4-5;;;/h1H,7H2;5H,1-4H2;2*1H;/q2*-1;;;+4/p-2. The molecular weight excluding hydrogens is 330 g/mol. The van der Waals surface area contributed by atoms with Crippen LogP contribution < -0.4 is 24.8 Å². The van der Waals surface area contributed by atoms with Crippen LogP contribution in [-0.4, -0.2) is 27.0 Å². The van der Waals surface area contributed by atoms with E-state index in [1.807, 2.05) is 0 Å². The van der Waals surface area contributed by atoms with Gasteiger partial charge in [0.25, 0.3) is 0 Å². The molecule has 1 fully saturated rings. The zero-order valence-corrected chi connectivity index (χ0v) is 13.6. The van der Waals surface area contributed by atoms with Gasteiger partial charge in [-0.1, -0.05) is 6.42 Å². The second-order valence-electron chi connectivity index (χ2n) is 2.74. The first-order valence-corrected chi connectivity index (χ1v) is 5.47. The quantitative estimate of drug-likeness (QED) is 0.401. The predicted molar refractivity (Wildman–Crippen MR) is 50.1 cm³/mol. The Balaban J connectivity index is -0.000000168. The van der Waals surface area contributed by atoms with Crippen LogP contribution in [0.3, 0.4) is 0 Å². The number of fused-ring (bicyclic) bond motifs is 1. The third-order valence-electron chi connectivity index (χ3n) is 1.62. The number of halogens is 2. The van der Waals surface area contributed by atoms with E-state index in [1.165, 1.54) is 10.4 Å². The second kappa shape index (κ2) is 11.3. The van der Waals surface area contributed by atoms with E-state index in [2.05, 4.69) is 13.0 Å². The van der Waals surface area contributed by atoms with Gasteiger partial charge in [0, 0.05) is 6.61 Å². The van der Waals surface area contributed by atoms with Crippen LogP contribution in [0.4, 0.5) is 0 Å². The van der Waals surface area contributed by atoms with Gasteiger partial charge in [-0.3, -0.25) is 0 Å². The second-order valence-corrected chi connectivity index (χ2v) is 4.57. The van der Waals surface area contributed by atoms with Gasteiger partial charge in [0.15, 0.2) is 0 Å². The molecule has 1 aliphatic heterocycles. The van der Waals surface area contributed by atoms with Gasteiger partial charge < -0.3 is 41.6 Å². The Morgan fingerprint density at radius 1 is 1.47 bits per heavy atom. The number of hydrogen-bond donors (Lipinski definition) is 1. The molecule has 0 unspecified atom stereocenters. The molecule has 0 atom stereocenters. The number of rotatable bonds is 2. The minimum absolute atomic E-state index is 0. The maximum Gasteiger partial charge on any atom is 4.00 e. The van der Waals surface area contributed by atoms with E-state index in [1.54, 1.807) is 6.08 Å². The van der Waals surface area contributed by atoms with E-state index in [9.17, 15) is 4.79 Å². The van der Waals surface area contributed by atoms with Crippen LogP contribution in [0, 0.1) is 13.0 Å². The van der Waals surface area contributed by atoms with Gasteiger partial charge in [-0.05, 0) is 9.52 Å². The molecule has 0 saturated carbocycles. The number of ketones is 1. The molecule has 82 valence electrons. The summed E-state index contributed by atoms with van der Waals surface area (Å²) >= 11 is 0. The first-order valence-electron chi connectivity index (χ1n) is 4.05. The van der Waals surface area contributed by atoms with Gasteiger partial charge in [0.1, 0.15) is 0 Å². The SMILES string of the molecule is O=C1[C-]=C2[SiH2]C2=C1.[CH2-]CCCO.[Cl-].[Cl-].[Zr+4]. The third kappa shape index (κ3) is 8.58. The molecule has 1 heterocycles. The Morgan fingerprint density at radius 3 is 2.20 bits per heavy atom. The molecule has 15 heavy (non-hydrogen) atoms. The topological polar surface area (TPSA) is 37.3 Å². The molecule has 0 aromatic rings. The number of carbonyl (C=O) groups excluding carboxylic acids is 1. The van der Waals surface area contributed by atoms with Crippen LogP contribution in [0.25, 0.3) is 0 Å². The van der Waals surface area contributed by atoms with Gasteiger partial charge in [-0.25, -0.2) is 5.20 Å². The largest absolute Gasteiger partial charge is 4.00 e. The van der Waals surface area contributed by atoms with Crippen molar-refractivity contribution in [3.05, 3.63) is 29.5 Å². The van der Waals surface area contributed by atoms with Crippen LogP contribution in [-0.2, 0) is 31.0 Å². The molecule has 0 bridgehead atoms. The smallest absolute Gasteiger partial charge is 1.00 e. The molecule has 6 heteroatoms. The number of carbonyl (C=O) groups is 1. The van der Waals surface area contributed by atoms with Crippen LogP contribution in [0.5, 0.6) is 0 Å². The molecule has 0 amide bonds. The third-order valence-corrected chi connectivity index (χ3v) is 3.11. The average molecular weight is 342 g/mol. The Bertz CT molecular complexity index is 232. The molecular formula is C9H12Cl2O2SiZr. The summed E-state index contributed by atoms with van der Waals surface area (Å²) in [6, 6.07) is 0. The summed E-state index contributed by atoms with van der Waals surface area (Å²) in [5, 5.41) is 10.6. The predicted octanol–water partition coefficient (Wildman–Crippen LogP) is -6.08. The molecule has 2 nitrogen and oxygen atoms in total. The van der Waals surface area contributed by atoms with Crippen LogP contribution in [0.2, 0.25) is 0 Å². The fourth-order valence-electron chi connectivity index (χ4n) is 0.864. The summed E-state index contributed by atoms with van der Waals surface area (Å²) in [6.07, 6.45) is 6.12. The maximum atomic E-state index is 10.3. The van der Waals surface area contributed by atoms with Gasteiger partial charge in [0.05, 0.1) is 5.78 Å². The molecule has 2 rings (SSSR count). The number of allylic oxidation sites excluding steroid dienone is 4. The molecule has 1 N–H and O–H groups in total.